The van der Waals surface area contributed by atoms with Gasteiger partial charge >= 0.3 is 0 Å². The summed E-state index contributed by atoms with van der Waals surface area (Å²) in [6.45, 7) is 6.93. The Kier molecular flexibility index (Phi) is 4.54. The Morgan fingerprint density at radius 1 is 1.32 bits per heavy atom. The standard InChI is InChI=1S/C15H19Cl2NO/c1-15(2)6-3-7-18(10-15)9-14(19)11-4-5-12(16)13(17)8-11/h4-5,8H,3,6-7,9-10H2,1-2H3. The molecular weight excluding hydrogens is 281 g/mol. The van der Waals surface area contributed by atoms with Gasteiger partial charge in [0.15, 0.2) is 5.78 Å². The summed E-state index contributed by atoms with van der Waals surface area (Å²) in [6.07, 6.45) is 2.38. The quantitative estimate of drug-likeness (QED) is 0.776. The SMILES string of the molecule is CC1(C)CCCN(CC(=O)c2ccc(Cl)c(Cl)c2)C1. The zero-order valence-electron chi connectivity index (χ0n) is 11.4. The van der Waals surface area contributed by atoms with E-state index in [0.29, 0.717) is 27.6 Å². The van der Waals surface area contributed by atoms with Crippen molar-refractivity contribution >= 4 is 29.0 Å². The van der Waals surface area contributed by atoms with E-state index in [1.165, 1.54) is 6.42 Å². The monoisotopic (exact) mass is 299 g/mol. The predicted octanol–water partition coefficient (Wildman–Crippen LogP) is 4.30. The fraction of sp³-hybridized carbons (Fsp3) is 0.533. The molecule has 2 rings (SSSR count). The summed E-state index contributed by atoms with van der Waals surface area (Å²) in [6, 6.07) is 5.07. The van der Waals surface area contributed by atoms with E-state index >= 15 is 0 Å². The molecule has 0 bridgehead atoms. The molecule has 19 heavy (non-hydrogen) atoms. The zero-order chi connectivity index (χ0) is 14.0. The Labute approximate surface area is 124 Å². The predicted molar refractivity (Wildman–Crippen MR) is 80.2 cm³/mol. The van der Waals surface area contributed by atoms with Crippen molar-refractivity contribution in [1.82, 2.24) is 4.90 Å². The minimum Gasteiger partial charge on any atom is -0.295 e. The highest BCUT2D eigenvalue weighted by Gasteiger charge is 2.27. The van der Waals surface area contributed by atoms with Crippen LogP contribution in [-0.2, 0) is 0 Å². The minimum atomic E-state index is 0.108. The van der Waals surface area contributed by atoms with Gasteiger partial charge in [0.05, 0.1) is 16.6 Å². The summed E-state index contributed by atoms with van der Waals surface area (Å²) in [7, 11) is 0. The summed E-state index contributed by atoms with van der Waals surface area (Å²) >= 11 is 11.8. The van der Waals surface area contributed by atoms with Crippen molar-refractivity contribution in [3.05, 3.63) is 33.8 Å². The number of Topliss-reactive ketones (excluding diaryl/α,β-unsaturated/α-hetero) is 1. The maximum Gasteiger partial charge on any atom is 0.176 e. The van der Waals surface area contributed by atoms with Crippen molar-refractivity contribution in [2.45, 2.75) is 26.7 Å². The van der Waals surface area contributed by atoms with Crippen molar-refractivity contribution in [1.29, 1.82) is 0 Å². The molecule has 1 aromatic carbocycles. The smallest absolute Gasteiger partial charge is 0.176 e. The van der Waals surface area contributed by atoms with E-state index in [1.807, 2.05) is 0 Å². The molecule has 0 unspecified atom stereocenters. The summed E-state index contributed by atoms with van der Waals surface area (Å²) < 4.78 is 0. The zero-order valence-corrected chi connectivity index (χ0v) is 12.9. The first-order chi connectivity index (χ1) is 8.87. The van der Waals surface area contributed by atoms with Gasteiger partial charge < -0.3 is 0 Å². The Bertz CT molecular complexity index is 485. The highest BCUT2D eigenvalue weighted by molar-refractivity contribution is 6.42. The first-order valence-corrected chi connectivity index (χ1v) is 7.34. The number of hydrogen-bond donors (Lipinski definition) is 0. The van der Waals surface area contributed by atoms with E-state index in [0.717, 1.165) is 19.5 Å². The maximum atomic E-state index is 12.2. The number of halogens is 2. The summed E-state index contributed by atoms with van der Waals surface area (Å²) in [5.74, 6) is 0.108. The van der Waals surface area contributed by atoms with Gasteiger partial charge in [-0.15, -0.1) is 0 Å². The van der Waals surface area contributed by atoms with Crippen molar-refractivity contribution in [2.24, 2.45) is 5.41 Å². The van der Waals surface area contributed by atoms with Gasteiger partial charge in [0.1, 0.15) is 0 Å². The topological polar surface area (TPSA) is 20.3 Å². The molecule has 0 atom stereocenters. The fourth-order valence-corrected chi connectivity index (χ4v) is 2.94. The molecule has 104 valence electrons. The van der Waals surface area contributed by atoms with E-state index in [2.05, 4.69) is 18.7 Å². The second kappa shape index (κ2) is 5.82. The number of piperidine rings is 1. The van der Waals surface area contributed by atoms with E-state index in [9.17, 15) is 4.79 Å². The lowest BCUT2D eigenvalue weighted by Gasteiger charge is -2.37. The molecule has 0 spiro atoms. The van der Waals surface area contributed by atoms with Crippen molar-refractivity contribution in [3.63, 3.8) is 0 Å². The van der Waals surface area contributed by atoms with Crippen LogP contribution in [0.2, 0.25) is 10.0 Å². The molecule has 1 heterocycles. The molecule has 1 fully saturated rings. The molecule has 1 saturated heterocycles. The Morgan fingerprint density at radius 3 is 2.68 bits per heavy atom. The molecular formula is C15H19Cl2NO. The maximum absolute atomic E-state index is 12.2. The van der Waals surface area contributed by atoms with Crippen LogP contribution >= 0.6 is 23.2 Å². The third-order valence-corrected chi connectivity index (χ3v) is 4.33. The summed E-state index contributed by atoms with van der Waals surface area (Å²) in [5, 5.41) is 0.920. The normalized spacial score (nSPS) is 19.4. The fourth-order valence-electron chi connectivity index (χ4n) is 2.64. The van der Waals surface area contributed by atoms with Gasteiger partial charge in [-0.25, -0.2) is 0 Å². The van der Waals surface area contributed by atoms with Crippen LogP contribution in [0, 0.1) is 5.41 Å². The van der Waals surface area contributed by atoms with Gasteiger partial charge in [0.2, 0.25) is 0 Å². The van der Waals surface area contributed by atoms with Gasteiger partial charge in [-0.2, -0.15) is 0 Å². The number of nitrogens with zero attached hydrogens (tertiary/aromatic N) is 1. The van der Waals surface area contributed by atoms with Crippen molar-refractivity contribution in [3.8, 4) is 0 Å². The third-order valence-electron chi connectivity index (χ3n) is 3.59. The van der Waals surface area contributed by atoms with Gasteiger partial charge in [-0.3, -0.25) is 9.69 Å². The number of likely N-dealkylation sites (tertiary alicyclic amines) is 1. The van der Waals surface area contributed by atoms with E-state index in [-0.39, 0.29) is 5.78 Å². The van der Waals surface area contributed by atoms with Crippen LogP contribution in [0.3, 0.4) is 0 Å². The number of benzene rings is 1. The van der Waals surface area contributed by atoms with E-state index in [1.54, 1.807) is 18.2 Å². The Balaban J connectivity index is 2.02. The van der Waals surface area contributed by atoms with Crippen molar-refractivity contribution in [2.75, 3.05) is 19.6 Å². The van der Waals surface area contributed by atoms with Crippen LogP contribution in [0.25, 0.3) is 0 Å². The molecule has 0 aliphatic carbocycles. The third kappa shape index (κ3) is 3.95. The molecule has 4 heteroatoms. The number of carbonyl (C=O) groups is 1. The molecule has 1 aliphatic rings. The van der Waals surface area contributed by atoms with Gasteiger partial charge in [0, 0.05) is 12.1 Å². The first kappa shape index (κ1) is 14.8. The average Bonchev–Trinajstić information content (AvgIpc) is 2.31. The number of carbonyl (C=O) groups excluding carboxylic acids is 1. The highest BCUT2D eigenvalue weighted by Crippen LogP contribution is 2.28. The van der Waals surface area contributed by atoms with Gasteiger partial charge in [-0.05, 0) is 43.0 Å². The summed E-state index contributed by atoms with van der Waals surface area (Å²) in [5.41, 5.74) is 0.939. The second-order valence-electron chi connectivity index (χ2n) is 6.03. The second-order valence-corrected chi connectivity index (χ2v) is 6.84. The van der Waals surface area contributed by atoms with Gasteiger partial charge in [-0.1, -0.05) is 37.0 Å². The minimum absolute atomic E-state index is 0.108. The number of hydrogen-bond acceptors (Lipinski definition) is 2. The molecule has 0 N–H and O–H groups in total. The first-order valence-electron chi connectivity index (χ1n) is 6.58. The van der Waals surface area contributed by atoms with Crippen molar-refractivity contribution < 1.29 is 4.79 Å². The van der Waals surface area contributed by atoms with Crippen LogP contribution in [-0.4, -0.2) is 30.3 Å². The average molecular weight is 300 g/mol. The van der Waals surface area contributed by atoms with Crippen LogP contribution < -0.4 is 0 Å². The number of ketones is 1. The van der Waals surface area contributed by atoms with Crippen LogP contribution in [0.15, 0.2) is 18.2 Å². The lowest BCUT2D eigenvalue weighted by Crippen LogP contribution is -2.42. The lowest BCUT2D eigenvalue weighted by molar-refractivity contribution is 0.0810. The van der Waals surface area contributed by atoms with Crippen LogP contribution in [0.4, 0.5) is 0 Å². The molecule has 0 saturated carbocycles. The molecule has 0 aromatic heterocycles. The highest BCUT2D eigenvalue weighted by atomic mass is 35.5. The van der Waals surface area contributed by atoms with E-state index in [4.69, 9.17) is 23.2 Å². The molecule has 2 nitrogen and oxygen atoms in total. The van der Waals surface area contributed by atoms with Crippen LogP contribution in [0.5, 0.6) is 0 Å². The number of rotatable bonds is 3. The largest absolute Gasteiger partial charge is 0.295 e. The Hall–Kier alpha value is -0.570. The lowest BCUT2D eigenvalue weighted by atomic mass is 9.84. The molecule has 0 radical (unpaired) electrons. The molecule has 1 aliphatic heterocycles. The Morgan fingerprint density at radius 2 is 2.05 bits per heavy atom. The molecule has 1 aromatic rings. The van der Waals surface area contributed by atoms with Gasteiger partial charge in [0.25, 0.3) is 0 Å². The van der Waals surface area contributed by atoms with E-state index < -0.39 is 0 Å². The summed E-state index contributed by atoms with van der Waals surface area (Å²) in [4.78, 5) is 14.5. The molecule has 0 amide bonds. The van der Waals surface area contributed by atoms with Crippen LogP contribution in [0.1, 0.15) is 37.0 Å².